The van der Waals surface area contributed by atoms with Crippen LogP contribution in [0.1, 0.15) is 25.5 Å². The SMILES string of the molecule is CCC(=O)CCc1c(-c2ccccc2)nc2ccccn12. The summed E-state index contributed by atoms with van der Waals surface area (Å²) in [5, 5.41) is 0. The molecule has 2 aromatic heterocycles. The van der Waals surface area contributed by atoms with Gasteiger partial charge >= 0.3 is 0 Å². The van der Waals surface area contributed by atoms with Crippen LogP contribution in [0.5, 0.6) is 0 Å². The number of hydrogen-bond donors (Lipinski definition) is 0. The third kappa shape index (κ3) is 2.72. The molecule has 0 fully saturated rings. The molecule has 0 bridgehead atoms. The van der Waals surface area contributed by atoms with Crippen LogP contribution in [0, 0.1) is 0 Å². The van der Waals surface area contributed by atoms with Crippen LogP contribution in [-0.2, 0) is 11.2 Å². The highest BCUT2D eigenvalue weighted by Crippen LogP contribution is 2.25. The standard InChI is InChI=1S/C18H18N2O/c1-2-15(21)11-12-16-18(14-8-4-3-5-9-14)19-17-10-6-7-13-20(16)17/h3-10,13H,2,11-12H2,1H3. The van der Waals surface area contributed by atoms with E-state index in [0.717, 1.165) is 29.0 Å². The molecule has 3 nitrogen and oxygen atoms in total. The van der Waals surface area contributed by atoms with E-state index in [4.69, 9.17) is 4.98 Å². The fourth-order valence-corrected chi connectivity index (χ4v) is 2.55. The van der Waals surface area contributed by atoms with E-state index in [-0.39, 0.29) is 0 Å². The van der Waals surface area contributed by atoms with Crippen LogP contribution in [0.3, 0.4) is 0 Å². The van der Waals surface area contributed by atoms with Crippen LogP contribution in [0.2, 0.25) is 0 Å². The number of imidazole rings is 1. The van der Waals surface area contributed by atoms with Gasteiger partial charge < -0.3 is 4.40 Å². The molecule has 3 aromatic rings. The molecule has 0 saturated carbocycles. The lowest BCUT2D eigenvalue weighted by molar-refractivity contribution is -0.118. The lowest BCUT2D eigenvalue weighted by atomic mass is 10.1. The highest BCUT2D eigenvalue weighted by atomic mass is 16.1. The Bertz CT molecular complexity index is 759. The van der Waals surface area contributed by atoms with Crippen molar-refractivity contribution in [1.29, 1.82) is 0 Å². The Labute approximate surface area is 124 Å². The van der Waals surface area contributed by atoms with Gasteiger partial charge in [-0.15, -0.1) is 0 Å². The zero-order valence-electron chi connectivity index (χ0n) is 12.1. The molecule has 1 aromatic carbocycles. The first-order chi connectivity index (χ1) is 10.3. The summed E-state index contributed by atoms with van der Waals surface area (Å²) >= 11 is 0. The molecule has 21 heavy (non-hydrogen) atoms. The van der Waals surface area contributed by atoms with Gasteiger partial charge in [0.15, 0.2) is 0 Å². The number of nitrogens with zero attached hydrogens (tertiary/aromatic N) is 2. The van der Waals surface area contributed by atoms with Gasteiger partial charge in [0.25, 0.3) is 0 Å². The van der Waals surface area contributed by atoms with Crippen molar-refractivity contribution in [2.24, 2.45) is 0 Å². The Morgan fingerprint density at radius 3 is 2.62 bits per heavy atom. The maximum absolute atomic E-state index is 11.7. The summed E-state index contributed by atoms with van der Waals surface area (Å²) in [5.74, 6) is 0.292. The van der Waals surface area contributed by atoms with Crippen LogP contribution in [0.4, 0.5) is 0 Å². The Morgan fingerprint density at radius 1 is 1.10 bits per heavy atom. The van der Waals surface area contributed by atoms with Gasteiger partial charge in [-0.2, -0.15) is 0 Å². The molecular weight excluding hydrogens is 260 g/mol. The first-order valence-electron chi connectivity index (χ1n) is 7.32. The summed E-state index contributed by atoms with van der Waals surface area (Å²) in [7, 11) is 0. The van der Waals surface area contributed by atoms with Crippen molar-refractivity contribution in [3.05, 3.63) is 60.4 Å². The topological polar surface area (TPSA) is 34.4 Å². The number of pyridine rings is 1. The largest absolute Gasteiger partial charge is 0.303 e. The number of carbonyl (C=O) groups excluding carboxylic acids is 1. The van der Waals surface area contributed by atoms with E-state index in [1.54, 1.807) is 0 Å². The van der Waals surface area contributed by atoms with Gasteiger partial charge in [-0.25, -0.2) is 4.98 Å². The summed E-state index contributed by atoms with van der Waals surface area (Å²) in [4.78, 5) is 16.4. The number of fused-ring (bicyclic) bond motifs is 1. The minimum Gasteiger partial charge on any atom is -0.303 e. The number of aryl methyl sites for hydroxylation is 1. The van der Waals surface area contributed by atoms with Crippen molar-refractivity contribution in [3.8, 4) is 11.3 Å². The number of benzene rings is 1. The molecular formula is C18H18N2O. The molecule has 0 N–H and O–H groups in total. The zero-order valence-corrected chi connectivity index (χ0v) is 12.1. The van der Waals surface area contributed by atoms with Gasteiger partial charge in [0, 0.05) is 24.6 Å². The molecule has 106 valence electrons. The molecule has 0 saturated heterocycles. The number of rotatable bonds is 5. The van der Waals surface area contributed by atoms with E-state index >= 15 is 0 Å². The molecule has 3 heteroatoms. The minimum atomic E-state index is 0.292. The van der Waals surface area contributed by atoms with Gasteiger partial charge in [-0.1, -0.05) is 43.3 Å². The molecule has 0 aliphatic carbocycles. The monoisotopic (exact) mass is 278 g/mol. The van der Waals surface area contributed by atoms with Crippen molar-refractivity contribution >= 4 is 11.4 Å². The van der Waals surface area contributed by atoms with Crippen molar-refractivity contribution in [2.45, 2.75) is 26.2 Å². The molecule has 0 radical (unpaired) electrons. The fourth-order valence-electron chi connectivity index (χ4n) is 2.55. The van der Waals surface area contributed by atoms with Gasteiger partial charge in [0.05, 0.1) is 11.4 Å². The molecule has 0 amide bonds. The van der Waals surface area contributed by atoms with Crippen LogP contribution in [0.15, 0.2) is 54.7 Å². The molecule has 0 aliphatic heterocycles. The Kier molecular flexibility index (Phi) is 3.82. The van der Waals surface area contributed by atoms with E-state index in [2.05, 4.69) is 16.5 Å². The van der Waals surface area contributed by atoms with Crippen LogP contribution in [-0.4, -0.2) is 15.2 Å². The van der Waals surface area contributed by atoms with E-state index in [0.29, 0.717) is 18.6 Å². The van der Waals surface area contributed by atoms with Gasteiger partial charge in [0.2, 0.25) is 0 Å². The van der Waals surface area contributed by atoms with Gasteiger partial charge in [-0.3, -0.25) is 4.79 Å². The summed E-state index contributed by atoms with van der Waals surface area (Å²) in [6, 6.07) is 16.1. The van der Waals surface area contributed by atoms with Crippen molar-refractivity contribution in [2.75, 3.05) is 0 Å². The first-order valence-corrected chi connectivity index (χ1v) is 7.32. The fraction of sp³-hybridized carbons (Fsp3) is 0.222. The van der Waals surface area contributed by atoms with Gasteiger partial charge in [-0.05, 0) is 18.6 Å². The minimum absolute atomic E-state index is 0.292. The third-order valence-electron chi connectivity index (χ3n) is 3.71. The van der Waals surface area contributed by atoms with Crippen molar-refractivity contribution in [3.63, 3.8) is 0 Å². The summed E-state index contributed by atoms with van der Waals surface area (Å²) in [5.41, 5.74) is 4.11. The number of aromatic nitrogens is 2. The summed E-state index contributed by atoms with van der Waals surface area (Å²) in [6.45, 7) is 1.91. The number of Topliss-reactive ketones (excluding diaryl/α,β-unsaturated/α-hetero) is 1. The molecule has 3 rings (SSSR count). The normalized spacial score (nSPS) is 10.9. The summed E-state index contributed by atoms with van der Waals surface area (Å²) < 4.78 is 2.09. The average Bonchev–Trinajstić information content (AvgIpc) is 2.92. The average molecular weight is 278 g/mol. The van der Waals surface area contributed by atoms with E-state index in [1.807, 2.05) is 49.5 Å². The lowest BCUT2D eigenvalue weighted by Gasteiger charge is -2.04. The highest BCUT2D eigenvalue weighted by molar-refractivity contribution is 5.78. The molecule has 0 aliphatic rings. The second-order valence-electron chi connectivity index (χ2n) is 5.09. The molecule has 2 heterocycles. The van der Waals surface area contributed by atoms with E-state index in [1.165, 1.54) is 0 Å². The Morgan fingerprint density at radius 2 is 1.86 bits per heavy atom. The van der Waals surface area contributed by atoms with Gasteiger partial charge in [0.1, 0.15) is 11.4 Å². The maximum atomic E-state index is 11.7. The van der Waals surface area contributed by atoms with Crippen LogP contribution >= 0.6 is 0 Å². The quantitative estimate of drug-likeness (QED) is 0.709. The lowest BCUT2D eigenvalue weighted by Crippen LogP contribution is -2.01. The molecule has 0 atom stereocenters. The number of carbonyl (C=O) groups is 1. The second kappa shape index (κ2) is 5.92. The number of hydrogen-bond acceptors (Lipinski definition) is 2. The van der Waals surface area contributed by atoms with E-state index < -0.39 is 0 Å². The van der Waals surface area contributed by atoms with Crippen LogP contribution < -0.4 is 0 Å². The predicted octanol–water partition coefficient (Wildman–Crippen LogP) is 3.91. The number of ketones is 1. The third-order valence-corrected chi connectivity index (χ3v) is 3.71. The van der Waals surface area contributed by atoms with E-state index in [9.17, 15) is 4.79 Å². The smallest absolute Gasteiger partial charge is 0.137 e. The maximum Gasteiger partial charge on any atom is 0.137 e. The Balaban J connectivity index is 2.08. The molecule has 0 unspecified atom stereocenters. The van der Waals surface area contributed by atoms with Crippen molar-refractivity contribution in [1.82, 2.24) is 9.38 Å². The first kappa shape index (κ1) is 13.6. The summed E-state index contributed by atoms with van der Waals surface area (Å²) in [6.07, 6.45) is 3.90. The van der Waals surface area contributed by atoms with Crippen LogP contribution in [0.25, 0.3) is 16.9 Å². The Hall–Kier alpha value is -2.42. The predicted molar refractivity (Wildman–Crippen MR) is 84.2 cm³/mol. The highest BCUT2D eigenvalue weighted by Gasteiger charge is 2.14. The molecule has 0 spiro atoms. The van der Waals surface area contributed by atoms with Crippen molar-refractivity contribution < 1.29 is 4.79 Å². The second-order valence-corrected chi connectivity index (χ2v) is 5.09. The zero-order chi connectivity index (χ0) is 14.7.